The Kier molecular flexibility index (Phi) is 5.32. The smallest absolute Gasteiger partial charge is 0.226 e. The summed E-state index contributed by atoms with van der Waals surface area (Å²) in [6, 6.07) is 9.84. The second-order valence-corrected chi connectivity index (χ2v) is 5.29. The van der Waals surface area contributed by atoms with Crippen molar-refractivity contribution in [1.29, 1.82) is 0 Å². The number of aromatic nitrogens is 1. The van der Waals surface area contributed by atoms with Crippen molar-refractivity contribution in [2.75, 3.05) is 6.54 Å². The number of oxazole rings is 1. The van der Waals surface area contributed by atoms with Gasteiger partial charge in [0.25, 0.3) is 0 Å². The minimum absolute atomic E-state index is 0.250. The number of nitrogens with one attached hydrogen (secondary N) is 1. The number of rotatable bonds is 7. The van der Waals surface area contributed by atoms with E-state index in [1.807, 2.05) is 44.2 Å². The van der Waals surface area contributed by atoms with Gasteiger partial charge >= 0.3 is 0 Å². The van der Waals surface area contributed by atoms with Gasteiger partial charge in [-0.15, -0.1) is 0 Å². The molecule has 0 saturated heterocycles. The van der Waals surface area contributed by atoms with Crippen LogP contribution in [0.2, 0.25) is 0 Å². The molecule has 0 aliphatic rings. The highest BCUT2D eigenvalue weighted by Gasteiger charge is 2.09. The van der Waals surface area contributed by atoms with Crippen LogP contribution in [0.25, 0.3) is 11.5 Å². The lowest BCUT2D eigenvalue weighted by Crippen LogP contribution is -2.23. The molecule has 0 saturated carbocycles. The SMILES string of the molecule is CC(C)C(O)CCNCc1coc(-c2ccccc2)n1. The van der Waals surface area contributed by atoms with Crippen LogP contribution in [-0.2, 0) is 6.54 Å². The molecule has 4 nitrogen and oxygen atoms in total. The fraction of sp³-hybridized carbons (Fsp3) is 0.438. The van der Waals surface area contributed by atoms with E-state index in [1.165, 1.54) is 0 Å². The van der Waals surface area contributed by atoms with Crippen LogP contribution in [0.5, 0.6) is 0 Å². The number of nitrogens with zero attached hydrogens (tertiary/aromatic N) is 1. The van der Waals surface area contributed by atoms with Gasteiger partial charge in [-0.1, -0.05) is 32.0 Å². The first-order valence-electron chi connectivity index (χ1n) is 7.05. The fourth-order valence-electron chi connectivity index (χ4n) is 1.90. The molecular formula is C16H22N2O2. The molecule has 2 aromatic rings. The molecule has 4 heteroatoms. The van der Waals surface area contributed by atoms with E-state index in [0.29, 0.717) is 18.4 Å². The van der Waals surface area contributed by atoms with Gasteiger partial charge in [-0.2, -0.15) is 0 Å². The zero-order valence-corrected chi connectivity index (χ0v) is 12.0. The number of aliphatic hydroxyl groups is 1. The highest BCUT2D eigenvalue weighted by Crippen LogP contribution is 2.17. The molecule has 0 radical (unpaired) electrons. The lowest BCUT2D eigenvalue weighted by molar-refractivity contribution is 0.116. The van der Waals surface area contributed by atoms with Crippen molar-refractivity contribution >= 4 is 0 Å². The molecule has 2 rings (SSSR count). The molecule has 1 heterocycles. The summed E-state index contributed by atoms with van der Waals surface area (Å²) in [6.07, 6.45) is 2.18. The van der Waals surface area contributed by atoms with Crippen molar-refractivity contribution in [3.63, 3.8) is 0 Å². The summed E-state index contributed by atoms with van der Waals surface area (Å²) in [7, 11) is 0. The van der Waals surface area contributed by atoms with Gasteiger partial charge in [-0.25, -0.2) is 4.98 Å². The molecule has 1 aromatic heterocycles. The van der Waals surface area contributed by atoms with E-state index in [2.05, 4.69) is 10.3 Å². The van der Waals surface area contributed by atoms with Gasteiger partial charge in [0.1, 0.15) is 6.26 Å². The average molecular weight is 274 g/mol. The summed E-state index contributed by atoms with van der Waals surface area (Å²) >= 11 is 0. The molecule has 1 atom stereocenters. The van der Waals surface area contributed by atoms with E-state index in [1.54, 1.807) is 6.26 Å². The minimum atomic E-state index is -0.250. The van der Waals surface area contributed by atoms with Gasteiger partial charge in [0.2, 0.25) is 5.89 Å². The number of aliphatic hydroxyl groups excluding tert-OH is 1. The topological polar surface area (TPSA) is 58.3 Å². The van der Waals surface area contributed by atoms with Crippen LogP contribution in [0.3, 0.4) is 0 Å². The Labute approximate surface area is 119 Å². The van der Waals surface area contributed by atoms with Crippen molar-refractivity contribution in [3.05, 3.63) is 42.3 Å². The predicted molar refractivity (Wildman–Crippen MR) is 79.1 cm³/mol. The lowest BCUT2D eigenvalue weighted by atomic mass is 10.0. The molecule has 1 unspecified atom stereocenters. The van der Waals surface area contributed by atoms with Gasteiger partial charge in [0.05, 0.1) is 11.8 Å². The summed E-state index contributed by atoms with van der Waals surface area (Å²) in [4.78, 5) is 4.44. The molecule has 0 aliphatic carbocycles. The van der Waals surface area contributed by atoms with Crippen LogP contribution in [-0.4, -0.2) is 22.7 Å². The first-order chi connectivity index (χ1) is 9.66. The zero-order chi connectivity index (χ0) is 14.4. The van der Waals surface area contributed by atoms with E-state index in [0.717, 1.165) is 24.2 Å². The van der Waals surface area contributed by atoms with Crippen molar-refractivity contribution < 1.29 is 9.52 Å². The number of hydrogen-bond acceptors (Lipinski definition) is 4. The van der Waals surface area contributed by atoms with Gasteiger partial charge in [-0.3, -0.25) is 0 Å². The van der Waals surface area contributed by atoms with Gasteiger partial charge in [0, 0.05) is 12.1 Å². The number of hydrogen-bond donors (Lipinski definition) is 2. The van der Waals surface area contributed by atoms with Crippen LogP contribution in [0, 0.1) is 5.92 Å². The highest BCUT2D eigenvalue weighted by molar-refractivity contribution is 5.52. The summed E-state index contributed by atoms with van der Waals surface area (Å²) in [6.45, 7) is 5.47. The summed E-state index contributed by atoms with van der Waals surface area (Å²) in [5, 5.41) is 13.0. The molecule has 0 bridgehead atoms. The largest absolute Gasteiger partial charge is 0.444 e. The van der Waals surface area contributed by atoms with E-state index < -0.39 is 0 Å². The maximum atomic E-state index is 9.70. The van der Waals surface area contributed by atoms with Crippen molar-refractivity contribution in [3.8, 4) is 11.5 Å². The maximum Gasteiger partial charge on any atom is 0.226 e. The second kappa shape index (κ2) is 7.22. The lowest BCUT2D eigenvalue weighted by Gasteiger charge is -2.13. The van der Waals surface area contributed by atoms with Crippen LogP contribution in [0.1, 0.15) is 26.0 Å². The Morgan fingerprint density at radius 1 is 1.25 bits per heavy atom. The van der Waals surface area contributed by atoms with Crippen LogP contribution >= 0.6 is 0 Å². The molecule has 0 spiro atoms. The van der Waals surface area contributed by atoms with Crippen LogP contribution in [0.15, 0.2) is 41.0 Å². The third-order valence-corrected chi connectivity index (χ3v) is 3.27. The molecule has 0 fully saturated rings. The Morgan fingerprint density at radius 3 is 2.70 bits per heavy atom. The molecule has 108 valence electrons. The van der Waals surface area contributed by atoms with Crippen molar-refractivity contribution in [2.45, 2.75) is 32.9 Å². The van der Waals surface area contributed by atoms with Crippen molar-refractivity contribution in [2.24, 2.45) is 5.92 Å². The third-order valence-electron chi connectivity index (χ3n) is 3.27. The predicted octanol–water partition coefficient (Wildman–Crippen LogP) is 2.84. The van der Waals surface area contributed by atoms with Crippen molar-refractivity contribution in [1.82, 2.24) is 10.3 Å². The highest BCUT2D eigenvalue weighted by atomic mass is 16.3. The Morgan fingerprint density at radius 2 is 2.00 bits per heavy atom. The zero-order valence-electron chi connectivity index (χ0n) is 12.0. The quantitative estimate of drug-likeness (QED) is 0.762. The fourth-order valence-corrected chi connectivity index (χ4v) is 1.90. The van der Waals surface area contributed by atoms with Crippen LogP contribution in [0.4, 0.5) is 0 Å². The first kappa shape index (κ1) is 14.8. The van der Waals surface area contributed by atoms with Gasteiger partial charge in [0.15, 0.2) is 0 Å². The summed E-state index contributed by atoms with van der Waals surface area (Å²) < 4.78 is 5.47. The van der Waals surface area contributed by atoms with E-state index in [9.17, 15) is 5.11 Å². The Balaban J connectivity index is 1.79. The molecule has 0 aliphatic heterocycles. The standard InChI is InChI=1S/C16H22N2O2/c1-12(2)15(19)8-9-17-10-14-11-20-16(18-14)13-6-4-3-5-7-13/h3-7,11-12,15,17,19H,8-10H2,1-2H3. The molecule has 20 heavy (non-hydrogen) atoms. The van der Waals surface area contributed by atoms with E-state index in [-0.39, 0.29) is 6.10 Å². The van der Waals surface area contributed by atoms with Gasteiger partial charge in [-0.05, 0) is 31.0 Å². The number of benzene rings is 1. The van der Waals surface area contributed by atoms with Gasteiger partial charge < -0.3 is 14.8 Å². The normalized spacial score (nSPS) is 12.8. The first-order valence-corrected chi connectivity index (χ1v) is 7.05. The Bertz CT molecular complexity index is 508. The molecule has 0 amide bonds. The monoisotopic (exact) mass is 274 g/mol. The molecular weight excluding hydrogens is 252 g/mol. The minimum Gasteiger partial charge on any atom is -0.444 e. The molecule has 2 N–H and O–H groups in total. The second-order valence-electron chi connectivity index (χ2n) is 5.29. The third kappa shape index (κ3) is 4.18. The summed E-state index contributed by atoms with van der Waals surface area (Å²) in [5.74, 6) is 0.943. The van der Waals surface area contributed by atoms with E-state index >= 15 is 0 Å². The van der Waals surface area contributed by atoms with Crippen LogP contribution < -0.4 is 5.32 Å². The summed E-state index contributed by atoms with van der Waals surface area (Å²) in [5.41, 5.74) is 1.86. The average Bonchev–Trinajstić information content (AvgIpc) is 2.93. The maximum absolute atomic E-state index is 9.70. The molecule has 1 aromatic carbocycles. The van der Waals surface area contributed by atoms with E-state index in [4.69, 9.17) is 4.42 Å². The Hall–Kier alpha value is -1.65.